The highest BCUT2D eigenvalue weighted by Gasteiger charge is 2.52. The lowest BCUT2D eigenvalue weighted by Crippen LogP contribution is -2.62. The van der Waals surface area contributed by atoms with Crippen LogP contribution in [0, 0.1) is 23.2 Å². The number of amides is 5. The van der Waals surface area contributed by atoms with Gasteiger partial charge in [0, 0.05) is 12.6 Å². The van der Waals surface area contributed by atoms with Gasteiger partial charge in [0.25, 0.3) is 11.8 Å². The number of fused-ring (bicyclic) bond motifs is 1. The third-order valence-corrected chi connectivity index (χ3v) is 10.6. The van der Waals surface area contributed by atoms with Gasteiger partial charge in [-0.3, -0.25) is 28.8 Å². The molecule has 4 fully saturated rings. The quantitative estimate of drug-likeness (QED) is 0.200. The molecule has 48 heavy (non-hydrogen) atoms. The molecule has 2 heterocycles. The number of ketones is 1. The largest absolute Gasteiger partial charge is 0.347 e. The second-order valence-electron chi connectivity index (χ2n) is 15.4. The number of hydrogen-bond acceptors (Lipinski definition) is 7. The van der Waals surface area contributed by atoms with Gasteiger partial charge >= 0.3 is 0 Å². The first-order valence-electron chi connectivity index (χ1n) is 17.9. The van der Waals surface area contributed by atoms with Gasteiger partial charge in [-0.15, -0.1) is 0 Å². The molecule has 5 amide bonds. The first kappa shape index (κ1) is 35.5. The monoisotopic (exact) mass is 667 g/mol. The summed E-state index contributed by atoms with van der Waals surface area (Å²) in [5, 5.41) is 11.5. The Hall–Kier alpha value is -3.77. The first-order chi connectivity index (χ1) is 22.9. The molecule has 0 spiro atoms. The van der Waals surface area contributed by atoms with Crippen LogP contribution in [0.2, 0.25) is 0 Å². The van der Waals surface area contributed by atoms with Gasteiger partial charge < -0.3 is 31.2 Å². The van der Waals surface area contributed by atoms with Crippen LogP contribution in [0.3, 0.4) is 0 Å². The SMILES string of the molecule is CCC[C@H](NC(=O)C1[C@H]2CCC[C@H]2CN1C(=O)[C@@H](NC(=O)[C@@H](NC(=O)c1cnc[nH]1)C1CCCCC1)C(C)(C)C)C(=O)C(=O)NC1CC1. The number of likely N-dealkylation sites (tertiary alicyclic amines) is 1. The summed E-state index contributed by atoms with van der Waals surface area (Å²) in [5.74, 6) is -3.06. The predicted octanol–water partition coefficient (Wildman–Crippen LogP) is 2.38. The molecule has 5 N–H and O–H groups in total. The fourth-order valence-corrected chi connectivity index (χ4v) is 7.84. The maximum Gasteiger partial charge on any atom is 0.289 e. The van der Waals surface area contributed by atoms with Crippen molar-refractivity contribution in [3.05, 3.63) is 18.2 Å². The summed E-state index contributed by atoms with van der Waals surface area (Å²) >= 11 is 0. The van der Waals surface area contributed by atoms with Crippen LogP contribution in [0.1, 0.15) is 115 Å². The molecule has 4 aliphatic rings. The fraction of sp³-hybridized carbons (Fsp3) is 0.743. The summed E-state index contributed by atoms with van der Waals surface area (Å²) in [7, 11) is 0. The highest BCUT2D eigenvalue weighted by Crippen LogP contribution is 2.43. The number of hydrogen-bond donors (Lipinski definition) is 5. The minimum atomic E-state index is -0.980. The van der Waals surface area contributed by atoms with Gasteiger partial charge in [0.2, 0.25) is 23.5 Å². The van der Waals surface area contributed by atoms with Gasteiger partial charge in [-0.25, -0.2) is 4.98 Å². The summed E-state index contributed by atoms with van der Waals surface area (Å²) in [6, 6.07) is -3.61. The van der Waals surface area contributed by atoms with Crippen LogP contribution in [0.15, 0.2) is 12.5 Å². The van der Waals surface area contributed by atoms with Crippen LogP contribution >= 0.6 is 0 Å². The molecule has 0 bridgehead atoms. The van der Waals surface area contributed by atoms with E-state index in [0.29, 0.717) is 19.4 Å². The number of aromatic amines is 1. The van der Waals surface area contributed by atoms with Crippen molar-refractivity contribution in [1.29, 1.82) is 0 Å². The summed E-state index contributed by atoms with van der Waals surface area (Å²) in [4.78, 5) is 89.8. The third-order valence-electron chi connectivity index (χ3n) is 10.6. The van der Waals surface area contributed by atoms with Gasteiger partial charge in [0.15, 0.2) is 0 Å². The van der Waals surface area contributed by atoms with Gasteiger partial charge in [0.1, 0.15) is 23.8 Å². The molecule has 0 radical (unpaired) electrons. The summed E-state index contributed by atoms with van der Waals surface area (Å²) in [6.07, 6.45) is 12.5. The topological polar surface area (TPSA) is 182 Å². The number of carbonyl (C=O) groups excluding carboxylic acids is 6. The Morgan fingerprint density at radius 3 is 2.29 bits per heavy atom. The maximum atomic E-state index is 14.6. The lowest BCUT2D eigenvalue weighted by molar-refractivity contribution is -0.146. The number of Topliss-reactive ketones (excluding diaryl/α,β-unsaturated/α-hetero) is 1. The minimum Gasteiger partial charge on any atom is -0.347 e. The Labute approximate surface area is 282 Å². The molecule has 1 saturated heterocycles. The molecule has 13 nitrogen and oxygen atoms in total. The number of nitrogens with one attached hydrogen (secondary N) is 5. The van der Waals surface area contributed by atoms with Crippen LogP contribution in [0.5, 0.6) is 0 Å². The van der Waals surface area contributed by atoms with Gasteiger partial charge in [0.05, 0.1) is 18.6 Å². The Kier molecular flexibility index (Phi) is 11.2. The molecule has 1 aromatic rings. The van der Waals surface area contributed by atoms with Crippen molar-refractivity contribution in [2.45, 2.75) is 135 Å². The van der Waals surface area contributed by atoms with E-state index in [1.165, 1.54) is 12.5 Å². The minimum absolute atomic E-state index is 0.0164. The van der Waals surface area contributed by atoms with Gasteiger partial charge in [-0.1, -0.05) is 59.8 Å². The van der Waals surface area contributed by atoms with E-state index in [-0.39, 0.29) is 35.4 Å². The molecule has 0 aromatic carbocycles. The highest BCUT2D eigenvalue weighted by molar-refractivity contribution is 6.38. The van der Waals surface area contributed by atoms with Crippen molar-refractivity contribution >= 4 is 35.3 Å². The number of rotatable bonds is 13. The standard InChI is InChI=1S/C35H53N7O6/c1-5-10-24(28(43)33(47)38-22-15-16-22)39-32(46)27-23-14-9-13-21(23)18-42(27)34(48)29(35(2,3)4)41-31(45)26(20-11-7-6-8-12-20)40-30(44)25-17-36-19-37-25/h17,19-24,26-27,29H,5-16,18H2,1-4H3,(H,36,37)(H,38,47)(H,39,46)(H,40,44)(H,41,45)/t21-,23-,24-,26-,27?,29+/m0/s1. The van der Waals surface area contributed by atoms with Crippen molar-refractivity contribution in [2.75, 3.05) is 6.54 Å². The van der Waals surface area contributed by atoms with E-state index in [1.54, 1.807) is 4.90 Å². The summed E-state index contributed by atoms with van der Waals surface area (Å²) in [6.45, 7) is 7.87. The number of aromatic nitrogens is 2. The fourth-order valence-electron chi connectivity index (χ4n) is 7.84. The summed E-state index contributed by atoms with van der Waals surface area (Å²) < 4.78 is 0. The average Bonchev–Trinajstić information content (AvgIpc) is 3.40. The van der Waals surface area contributed by atoms with Crippen LogP contribution in [-0.2, 0) is 24.0 Å². The molecule has 3 saturated carbocycles. The molecule has 6 atom stereocenters. The Morgan fingerprint density at radius 1 is 0.938 bits per heavy atom. The lowest BCUT2D eigenvalue weighted by atomic mass is 9.82. The zero-order valence-electron chi connectivity index (χ0n) is 28.8. The average molecular weight is 668 g/mol. The van der Waals surface area contributed by atoms with E-state index < -0.39 is 59.0 Å². The van der Waals surface area contributed by atoms with E-state index >= 15 is 0 Å². The molecule has 3 aliphatic carbocycles. The molecule has 5 rings (SSSR count). The maximum absolute atomic E-state index is 14.6. The molecular weight excluding hydrogens is 614 g/mol. The molecule has 13 heteroatoms. The lowest BCUT2D eigenvalue weighted by Gasteiger charge is -2.38. The summed E-state index contributed by atoms with van der Waals surface area (Å²) in [5.41, 5.74) is -0.480. The normalized spacial score (nSPS) is 24.6. The predicted molar refractivity (Wildman–Crippen MR) is 177 cm³/mol. The van der Waals surface area contributed by atoms with Crippen LogP contribution in [-0.4, -0.2) is 86.9 Å². The number of carbonyl (C=O) groups is 6. The van der Waals surface area contributed by atoms with Gasteiger partial charge in [-0.2, -0.15) is 0 Å². The highest BCUT2D eigenvalue weighted by atomic mass is 16.2. The second kappa shape index (κ2) is 15.2. The Morgan fingerprint density at radius 2 is 1.67 bits per heavy atom. The third kappa shape index (κ3) is 8.26. The number of nitrogens with zero attached hydrogens (tertiary/aromatic N) is 2. The van der Waals surface area contributed by atoms with Crippen LogP contribution in [0.25, 0.3) is 0 Å². The van der Waals surface area contributed by atoms with Crippen molar-refractivity contribution in [2.24, 2.45) is 23.2 Å². The van der Waals surface area contributed by atoms with Crippen molar-refractivity contribution < 1.29 is 28.8 Å². The first-order valence-corrected chi connectivity index (χ1v) is 17.9. The zero-order chi connectivity index (χ0) is 34.6. The number of imidazole rings is 1. The molecule has 264 valence electrons. The molecule has 1 aliphatic heterocycles. The molecule has 1 aromatic heterocycles. The van der Waals surface area contributed by atoms with E-state index in [4.69, 9.17) is 0 Å². The number of H-pyrrole nitrogens is 1. The van der Waals surface area contributed by atoms with E-state index in [1.807, 2.05) is 27.7 Å². The Bertz CT molecular complexity index is 1350. The van der Waals surface area contributed by atoms with E-state index in [0.717, 1.165) is 64.2 Å². The Balaban J connectivity index is 1.35. The van der Waals surface area contributed by atoms with Crippen LogP contribution < -0.4 is 21.3 Å². The molecule has 1 unspecified atom stereocenters. The van der Waals surface area contributed by atoms with Gasteiger partial charge in [-0.05, 0) is 68.1 Å². The van der Waals surface area contributed by atoms with E-state index in [2.05, 4.69) is 31.2 Å². The van der Waals surface area contributed by atoms with Crippen molar-refractivity contribution in [1.82, 2.24) is 36.1 Å². The van der Waals surface area contributed by atoms with Crippen molar-refractivity contribution in [3.8, 4) is 0 Å². The zero-order valence-corrected chi connectivity index (χ0v) is 28.8. The van der Waals surface area contributed by atoms with E-state index in [9.17, 15) is 28.8 Å². The second-order valence-corrected chi connectivity index (χ2v) is 15.4. The smallest absolute Gasteiger partial charge is 0.289 e. The van der Waals surface area contributed by atoms with Crippen molar-refractivity contribution in [3.63, 3.8) is 0 Å². The molecular formula is C35H53N7O6. The van der Waals surface area contributed by atoms with Crippen LogP contribution in [0.4, 0.5) is 0 Å².